The van der Waals surface area contributed by atoms with Gasteiger partial charge in [0.1, 0.15) is 22.4 Å². The van der Waals surface area contributed by atoms with E-state index in [2.05, 4.69) is 20.3 Å². The highest BCUT2D eigenvalue weighted by atomic mass is 32.2. The van der Waals surface area contributed by atoms with Crippen molar-refractivity contribution in [1.82, 2.24) is 19.3 Å². The van der Waals surface area contributed by atoms with Crippen molar-refractivity contribution in [2.75, 3.05) is 38.2 Å². The van der Waals surface area contributed by atoms with Crippen LogP contribution in [-0.4, -0.2) is 60.5 Å². The van der Waals surface area contributed by atoms with Crippen LogP contribution in [0.4, 0.5) is 10.2 Å². The number of halogens is 1. The summed E-state index contributed by atoms with van der Waals surface area (Å²) in [6, 6.07) is 7.61. The number of hydrogen-bond acceptors (Lipinski definition) is 6. The van der Waals surface area contributed by atoms with E-state index >= 15 is 0 Å². The van der Waals surface area contributed by atoms with Crippen molar-refractivity contribution < 1.29 is 17.5 Å². The summed E-state index contributed by atoms with van der Waals surface area (Å²) in [6.45, 7) is 2.06. The number of ether oxygens (including phenoxy) is 1. The average molecular weight is 405 g/mol. The van der Waals surface area contributed by atoms with E-state index < -0.39 is 10.0 Å². The van der Waals surface area contributed by atoms with Crippen molar-refractivity contribution >= 4 is 26.9 Å². The fourth-order valence-electron chi connectivity index (χ4n) is 3.04. The number of morpholine rings is 1. The topological polar surface area (TPSA) is 100 Å². The van der Waals surface area contributed by atoms with Gasteiger partial charge in [-0.05, 0) is 30.3 Å². The van der Waals surface area contributed by atoms with E-state index in [1.807, 2.05) is 0 Å². The van der Waals surface area contributed by atoms with Crippen LogP contribution < -0.4 is 5.32 Å². The number of fused-ring (bicyclic) bond motifs is 1. The molecule has 0 aliphatic carbocycles. The Morgan fingerprint density at radius 1 is 1.21 bits per heavy atom. The summed E-state index contributed by atoms with van der Waals surface area (Å²) in [5.74, 6) is 1.000. The monoisotopic (exact) mass is 405 g/mol. The lowest BCUT2D eigenvalue weighted by Crippen LogP contribution is -2.40. The molecule has 148 valence electrons. The van der Waals surface area contributed by atoms with Gasteiger partial charge < -0.3 is 15.0 Å². The van der Waals surface area contributed by atoms with Crippen LogP contribution in [0.3, 0.4) is 0 Å². The molecule has 0 atom stereocenters. The van der Waals surface area contributed by atoms with E-state index in [1.54, 1.807) is 18.2 Å². The summed E-state index contributed by atoms with van der Waals surface area (Å²) >= 11 is 0. The number of benzene rings is 1. The number of aromatic nitrogens is 3. The molecule has 8 nitrogen and oxygen atoms in total. The molecule has 3 aromatic rings. The Morgan fingerprint density at radius 2 is 2.04 bits per heavy atom. The van der Waals surface area contributed by atoms with Crippen molar-refractivity contribution in [3.8, 4) is 0 Å². The Balaban J connectivity index is 1.36. The summed E-state index contributed by atoms with van der Waals surface area (Å²) in [7, 11) is -3.54. The molecule has 0 radical (unpaired) electrons. The van der Waals surface area contributed by atoms with Gasteiger partial charge in [-0.2, -0.15) is 4.31 Å². The minimum Gasteiger partial charge on any atom is -0.379 e. The molecule has 4 rings (SSSR count). The smallest absolute Gasteiger partial charge is 0.244 e. The Hall–Kier alpha value is -2.56. The van der Waals surface area contributed by atoms with Crippen molar-refractivity contribution in [2.24, 2.45) is 0 Å². The van der Waals surface area contributed by atoms with Gasteiger partial charge in [0.15, 0.2) is 0 Å². The van der Waals surface area contributed by atoms with Crippen molar-refractivity contribution in [3.63, 3.8) is 0 Å². The fourth-order valence-corrected chi connectivity index (χ4v) is 4.39. The third-order valence-electron chi connectivity index (χ3n) is 4.51. The first-order valence-electron chi connectivity index (χ1n) is 8.94. The summed E-state index contributed by atoms with van der Waals surface area (Å²) in [4.78, 5) is 11.8. The fraction of sp³-hybridized carbons (Fsp3) is 0.333. The number of hydrogen-bond donors (Lipinski definition) is 2. The molecule has 3 heterocycles. The summed E-state index contributed by atoms with van der Waals surface area (Å²) in [6.07, 6.45) is 1.95. The number of sulfonamides is 1. The maximum absolute atomic E-state index is 13.2. The number of rotatable bonds is 6. The number of nitrogens with zero attached hydrogens (tertiary/aromatic N) is 3. The van der Waals surface area contributed by atoms with Gasteiger partial charge in [0.05, 0.1) is 24.2 Å². The van der Waals surface area contributed by atoms with E-state index in [0.717, 1.165) is 5.82 Å². The van der Waals surface area contributed by atoms with E-state index in [0.29, 0.717) is 56.1 Å². The first-order chi connectivity index (χ1) is 13.5. The summed E-state index contributed by atoms with van der Waals surface area (Å²) in [5, 5.41) is 3.13. The van der Waals surface area contributed by atoms with E-state index in [-0.39, 0.29) is 10.7 Å². The highest BCUT2D eigenvalue weighted by Gasteiger charge is 2.26. The summed E-state index contributed by atoms with van der Waals surface area (Å²) in [5.41, 5.74) is 1.37. The zero-order chi connectivity index (χ0) is 19.6. The SMILES string of the molecule is O=S(=O)(c1ccc(NCCc2nc3ccc(F)cc3[nH]2)nc1)N1CCOCC1. The molecule has 2 aromatic heterocycles. The zero-order valence-electron chi connectivity index (χ0n) is 15.1. The molecule has 1 fully saturated rings. The number of nitrogens with one attached hydrogen (secondary N) is 2. The van der Waals surface area contributed by atoms with Gasteiger partial charge >= 0.3 is 0 Å². The Kier molecular flexibility index (Phi) is 5.25. The van der Waals surface area contributed by atoms with E-state index in [1.165, 1.54) is 22.6 Å². The van der Waals surface area contributed by atoms with Gasteiger partial charge in [0, 0.05) is 32.3 Å². The number of pyridine rings is 1. The Bertz CT molecular complexity index is 1060. The molecule has 0 amide bonds. The molecule has 2 N–H and O–H groups in total. The average Bonchev–Trinajstić information content (AvgIpc) is 3.11. The third kappa shape index (κ3) is 3.98. The van der Waals surface area contributed by atoms with Crippen molar-refractivity contribution in [3.05, 3.63) is 48.2 Å². The van der Waals surface area contributed by atoms with Crippen molar-refractivity contribution in [1.29, 1.82) is 0 Å². The zero-order valence-corrected chi connectivity index (χ0v) is 15.9. The van der Waals surface area contributed by atoms with E-state index in [9.17, 15) is 12.8 Å². The minimum absolute atomic E-state index is 0.166. The van der Waals surface area contributed by atoms with E-state index in [4.69, 9.17) is 4.74 Å². The second kappa shape index (κ2) is 7.82. The molecule has 0 saturated carbocycles. The molecule has 1 aliphatic heterocycles. The van der Waals surface area contributed by atoms with Crippen LogP contribution in [0.25, 0.3) is 11.0 Å². The van der Waals surface area contributed by atoms with Crippen LogP contribution in [0.1, 0.15) is 5.82 Å². The van der Waals surface area contributed by atoms with Crippen LogP contribution in [0, 0.1) is 5.82 Å². The predicted molar refractivity (Wildman–Crippen MR) is 102 cm³/mol. The summed E-state index contributed by atoms with van der Waals surface area (Å²) < 4.78 is 45.0. The number of H-pyrrole nitrogens is 1. The van der Waals surface area contributed by atoms with Crippen LogP contribution in [0.5, 0.6) is 0 Å². The highest BCUT2D eigenvalue weighted by Crippen LogP contribution is 2.18. The molecule has 28 heavy (non-hydrogen) atoms. The second-order valence-corrected chi connectivity index (χ2v) is 8.36. The molecular formula is C18H20FN5O3S. The van der Waals surface area contributed by atoms with Crippen LogP contribution in [0.15, 0.2) is 41.4 Å². The standard InChI is InChI=1S/C18H20FN5O3S/c19-13-1-3-15-16(11-13)23-18(22-15)5-6-20-17-4-2-14(12-21-17)28(25,26)24-7-9-27-10-8-24/h1-4,11-12H,5-10H2,(H,20,21)(H,22,23). The largest absolute Gasteiger partial charge is 0.379 e. The second-order valence-electron chi connectivity index (χ2n) is 6.42. The first kappa shape index (κ1) is 18.8. The number of aromatic amines is 1. The Morgan fingerprint density at radius 3 is 2.79 bits per heavy atom. The number of imidazole rings is 1. The lowest BCUT2D eigenvalue weighted by molar-refractivity contribution is 0.0730. The van der Waals surface area contributed by atoms with Crippen LogP contribution in [-0.2, 0) is 21.2 Å². The van der Waals surface area contributed by atoms with Crippen molar-refractivity contribution in [2.45, 2.75) is 11.3 Å². The van der Waals surface area contributed by atoms with Crippen LogP contribution in [0.2, 0.25) is 0 Å². The van der Waals surface area contributed by atoms with Crippen LogP contribution >= 0.6 is 0 Å². The lowest BCUT2D eigenvalue weighted by atomic mass is 10.3. The molecule has 1 aromatic carbocycles. The molecule has 0 unspecified atom stereocenters. The van der Waals surface area contributed by atoms with Gasteiger partial charge in [0.25, 0.3) is 0 Å². The van der Waals surface area contributed by atoms with Gasteiger partial charge in [0.2, 0.25) is 10.0 Å². The molecule has 10 heteroatoms. The molecule has 0 spiro atoms. The first-order valence-corrected chi connectivity index (χ1v) is 10.4. The van der Waals surface area contributed by atoms with Gasteiger partial charge in [-0.25, -0.2) is 22.8 Å². The Labute approximate surface area is 161 Å². The van der Waals surface area contributed by atoms with Gasteiger partial charge in [-0.15, -0.1) is 0 Å². The van der Waals surface area contributed by atoms with Gasteiger partial charge in [-0.3, -0.25) is 0 Å². The highest BCUT2D eigenvalue weighted by molar-refractivity contribution is 7.89. The predicted octanol–water partition coefficient (Wildman–Crippen LogP) is 1.77. The maximum atomic E-state index is 13.2. The lowest BCUT2D eigenvalue weighted by Gasteiger charge is -2.25. The molecule has 0 bridgehead atoms. The number of anilines is 1. The normalized spacial score (nSPS) is 15.8. The quantitative estimate of drug-likeness (QED) is 0.648. The minimum atomic E-state index is -3.54. The third-order valence-corrected chi connectivity index (χ3v) is 6.39. The maximum Gasteiger partial charge on any atom is 0.244 e. The molecule has 1 saturated heterocycles. The van der Waals surface area contributed by atoms with Gasteiger partial charge in [-0.1, -0.05) is 0 Å². The molecular weight excluding hydrogens is 385 g/mol. The molecule has 1 aliphatic rings.